The van der Waals surface area contributed by atoms with Crippen molar-refractivity contribution in [1.29, 1.82) is 0 Å². The Balaban J connectivity index is 1.20. The van der Waals surface area contributed by atoms with Crippen molar-refractivity contribution in [3.05, 3.63) is 221 Å². The Hall–Kier alpha value is -6.18. The summed E-state index contributed by atoms with van der Waals surface area (Å²) >= 11 is 0. The Morgan fingerprint density at radius 2 is 1.04 bits per heavy atom. The Morgan fingerprint density at radius 3 is 1.79 bits per heavy atom. The Labute approximate surface area is 306 Å². The van der Waals surface area contributed by atoms with Gasteiger partial charge in [-0.1, -0.05) is 152 Å². The van der Waals surface area contributed by atoms with Crippen molar-refractivity contribution in [3.63, 3.8) is 0 Å². The van der Waals surface area contributed by atoms with Gasteiger partial charge in [0.1, 0.15) is 0 Å². The predicted molar refractivity (Wildman–Crippen MR) is 218 cm³/mol. The van der Waals surface area contributed by atoms with Gasteiger partial charge < -0.3 is 4.90 Å². The molecule has 10 rings (SSSR count). The molecule has 8 aromatic carbocycles. The fourth-order valence-electron chi connectivity index (χ4n) is 9.26. The molecule has 0 bridgehead atoms. The van der Waals surface area contributed by atoms with Crippen LogP contribution in [0.25, 0.3) is 33.0 Å². The molecule has 0 amide bonds. The Kier molecular flexibility index (Phi) is 7.39. The molecule has 0 saturated heterocycles. The highest BCUT2D eigenvalue weighted by molar-refractivity contribution is 6.01. The second-order valence-electron chi connectivity index (χ2n) is 14.3. The summed E-state index contributed by atoms with van der Waals surface area (Å²) in [4.78, 5) is 2.42. The molecule has 0 saturated carbocycles. The lowest BCUT2D eigenvalue weighted by atomic mass is 9.66. The Morgan fingerprint density at radius 1 is 0.423 bits per heavy atom. The van der Waals surface area contributed by atoms with Crippen LogP contribution in [0.1, 0.15) is 46.2 Å². The minimum absolute atomic E-state index is 0.511. The molecular weight excluding hydrogens is 627 g/mol. The van der Waals surface area contributed by atoms with E-state index in [2.05, 4.69) is 193 Å². The van der Waals surface area contributed by atoms with Crippen molar-refractivity contribution >= 4 is 27.8 Å². The van der Waals surface area contributed by atoms with Crippen molar-refractivity contribution in [3.8, 4) is 22.3 Å². The maximum atomic E-state index is 2.47. The summed E-state index contributed by atoms with van der Waals surface area (Å²) in [6, 6.07) is 69.9. The lowest BCUT2D eigenvalue weighted by Crippen LogP contribution is -2.29. The second kappa shape index (κ2) is 12.5. The minimum Gasteiger partial charge on any atom is -0.310 e. The van der Waals surface area contributed by atoms with Gasteiger partial charge in [0.05, 0.1) is 5.41 Å². The molecular formula is C51H39N. The number of para-hydroxylation sites is 1. The maximum absolute atomic E-state index is 2.47. The number of hydrogen-bond donors (Lipinski definition) is 0. The third-order valence-corrected chi connectivity index (χ3v) is 11.5. The van der Waals surface area contributed by atoms with E-state index < -0.39 is 5.41 Å². The fraction of sp³-hybridized carbons (Fsp3) is 0.0980. The molecule has 0 aromatic heterocycles. The van der Waals surface area contributed by atoms with Gasteiger partial charge in [0, 0.05) is 17.1 Å². The number of aryl methyl sites for hydroxylation is 1. The zero-order valence-electron chi connectivity index (χ0n) is 29.2. The summed E-state index contributed by atoms with van der Waals surface area (Å²) in [5, 5.41) is 2.56. The third-order valence-electron chi connectivity index (χ3n) is 11.5. The number of rotatable bonds is 6. The largest absolute Gasteiger partial charge is 0.310 e. The molecule has 0 aliphatic heterocycles. The van der Waals surface area contributed by atoms with Gasteiger partial charge in [0.15, 0.2) is 0 Å². The van der Waals surface area contributed by atoms with Crippen LogP contribution in [0.5, 0.6) is 0 Å². The summed E-state index contributed by atoms with van der Waals surface area (Å²) in [6.45, 7) is 0. The SMILES string of the molecule is c1ccc(N(c2ccc(-c3cccc4c3CCCC4)cc2)c2ccc3c(c2)C(c2ccccc2)(c2ccccc2)c2c-3ccc3ccccc23)cc1. The van der Waals surface area contributed by atoms with E-state index in [1.165, 1.54) is 92.1 Å². The first kappa shape index (κ1) is 30.6. The van der Waals surface area contributed by atoms with Crippen LogP contribution >= 0.6 is 0 Å². The Bertz CT molecular complexity index is 2510. The predicted octanol–water partition coefficient (Wildman–Crippen LogP) is 13.2. The summed E-state index contributed by atoms with van der Waals surface area (Å²) in [6.07, 6.45) is 4.92. The molecule has 1 nitrogen and oxygen atoms in total. The zero-order valence-corrected chi connectivity index (χ0v) is 29.2. The van der Waals surface area contributed by atoms with E-state index in [-0.39, 0.29) is 0 Å². The topological polar surface area (TPSA) is 3.24 Å². The zero-order chi connectivity index (χ0) is 34.5. The summed E-state index contributed by atoms with van der Waals surface area (Å²) in [5.41, 5.74) is 16.4. The van der Waals surface area contributed by atoms with Crippen LogP contribution in [0, 0.1) is 0 Å². The highest BCUT2D eigenvalue weighted by Crippen LogP contribution is 2.59. The highest BCUT2D eigenvalue weighted by Gasteiger charge is 2.47. The average molecular weight is 666 g/mol. The molecule has 0 spiro atoms. The molecule has 8 aromatic rings. The maximum Gasteiger partial charge on any atom is 0.0720 e. The molecule has 0 fully saturated rings. The number of benzene rings is 8. The van der Waals surface area contributed by atoms with Crippen molar-refractivity contribution < 1.29 is 0 Å². The first-order valence-corrected chi connectivity index (χ1v) is 18.7. The van der Waals surface area contributed by atoms with Crippen LogP contribution < -0.4 is 4.90 Å². The highest BCUT2D eigenvalue weighted by atomic mass is 15.1. The second-order valence-corrected chi connectivity index (χ2v) is 14.3. The molecule has 248 valence electrons. The lowest BCUT2D eigenvalue weighted by Gasteiger charge is -2.35. The molecule has 0 heterocycles. The number of nitrogens with zero attached hydrogens (tertiary/aromatic N) is 1. The smallest absolute Gasteiger partial charge is 0.0720 e. The molecule has 0 atom stereocenters. The van der Waals surface area contributed by atoms with Crippen LogP contribution in [-0.4, -0.2) is 0 Å². The summed E-state index contributed by atoms with van der Waals surface area (Å²) < 4.78 is 0. The van der Waals surface area contributed by atoms with E-state index in [0.29, 0.717) is 0 Å². The summed E-state index contributed by atoms with van der Waals surface area (Å²) in [7, 11) is 0. The van der Waals surface area contributed by atoms with Crippen LogP contribution in [0.15, 0.2) is 188 Å². The lowest BCUT2D eigenvalue weighted by molar-refractivity contribution is 0.687. The normalized spacial score (nSPS) is 14.0. The quantitative estimate of drug-likeness (QED) is 0.171. The van der Waals surface area contributed by atoms with Crippen LogP contribution in [0.3, 0.4) is 0 Å². The van der Waals surface area contributed by atoms with E-state index in [1.54, 1.807) is 0 Å². The molecule has 0 N–H and O–H groups in total. The number of anilines is 3. The molecule has 0 radical (unpaired) electrons. The average Bonchev–Trinajstić information content (AvgIpc) is 3.53. The van der Waals surface area contributed by atoms with Crippen molar-refractivity contribution in [2.45, 2.75) is 31.1 Å². The molecule has 2 aliphatic rings. The summed E-state index contributed by atoms with van der Waals surface area (Å²) in [5.74, 6) is 0. The number of hydrogen-bond acceptors (Lipinski definition) is 1. The van der Waals surface area contributed by atoms with Crippen LogP contribution in [-0.2, 0) is 18.3 Å². The van der Waals surface area contributed by atoms with E-state index in [4.69, 9.17) is 0 Å². The standard InChI is InChI=1S/C51H39N/c1-4-18-39(19-5-1)51(40-20-6-2-7-21-40)49-35-43(32-34-47(49)48-33-29-37-16-11-13-25-46(37)50(48)51)52(41-22-8-3-9-23-41)42-30-27-38(28-31-42)45-26-14-17-36-15-10-12-24-44(36)45/h1-9,11,13-14,16-23,25-35H,10,12,15,24H2. The van der Waals surface area contributed by atoms with Gasteiger partial charge in [-0.2, -0.15) is 0 Å². The van der Waals surface area contributed by atoms with E-state index >= 15 is 0 Å². The van der Waals surface area contributed by atoms with E-state index in [1.807, 2.05) is 0 Å². The van der Waals surface area contributed by atoms with Crippen molar-refractivity contribution in [1.82, 2.24) is 0 Å². The van der Waals surface area contributed by atoms with Gasteiger partial charge in [-0.3, -0.25) is 0 Å². The van der Waals surface area contributed by atoms with Gasteiger partial charge in [-0.15, -0.1) is 0 Å². The number of fused-ring (bicyclic) bond motifs is 6. The first-order chi connectivity index (χ1) is 25.8. The van der Waals surface area contributed by atoms with Gasteiger partial charge in [0.2, 0.25) is 0 Å². The molecule has 52 heavy (non-hydrogen) atoms. The third kappa shape index (κ3) is 4.77. The molecule has 0 unspecified atom stereocenters. The molecule has 1 heteroatoms. The van der Waals surface area contributed by atoms with Crippen molar-refractivity contribution in [2.24, 2.45) is 0 Å². The molecule has 2 aliphatic carbocycles. The van der Waals surface area contributed by atoms with Crippen LogP contribution in [0.4, 0.5) is 17.1 Å². The monoisotopic (exact) mass is 665 g/mol. The van der Waals surface area contributed by atoms with Gasteiger partial charge >= 0.3 is 0 Å². The van der Waals surface area contributed by atoms with Gasteiger partial charge in [0.25, 0.3) is 0 Å². The fourth-order valence-corrected chi connectivity index (χ4v) is 9.26. The minimum atomic E-state index is -0.511. The van der Waals surface area contributed by atoms with Gasteiger partial charge in [-0.25, -0.2) is 0 Å². The first-order valence-electron chi connectivity index (χ1n) is 18.7. The van der Waals surface area contributed by atoms with Crippen LogP contribution in [0.2, 0.25) is 0 Å². The van der Waals surface area contributed by atoms with E-state index in [9.17, 15) is 0 Å². The van der Waals surface area contributed by atoms with Crippen molar-refractivity contribution in [2.75, 3.05) is 4.90 Å². The van der Waals surface area contributed by atoms with Gasteiger partial charge in [-0.05, 0) is 128 Å². The van der Waals surface area contributed by atoms with E-state index in [0.717, 1.165) is 17.1 Å².